The molecule has 0 spiro atoms. The highest BCUT2D eigenvalue weighted by molar-refractivity contribution is 5.81. The number of hydrogen-bond donors (Lipinski definition) is 2. The molecule has 2 heterocycles. The van der Waals surface area contributed by atoms with Crippen molar-refractivity contribution in [2.45, 2.75) is 19.3 Å². The second kappa shape index (κ2) is 8.25. The van der Waals surface area contributed by atoms with Gasteiger partial charge in [0.1, 0.15) is 29.3 Å². The molecular weight excluding hydrogens is 427 g/mol. The lowest BCUT2D eigenvalue weighted by atomic mass is 10.1. The molecule has 166 valence electrons. The van der Waals surface area contributed by atoms with Crippen molar-refractivity contribution in [3.63, 3.8) is 0 Å². The molecule has 2 aromatic heterocycles. The van der Waals surface area contributed by atoms with Gasteiger partial charge in [0.25, 0.3) is 0 Å². The van der Waals surface area contributed by atoms with Crippen LogP contribution in [-0.2, 0) is 0 Å². The summed E-state index contributed by atoms with van der Waals surface area (Å²) in [5.41, 5.74) is 1.46. The highest BCUT2D eigenvalue weighted by atomic mass is 19.4. The molecule has 0 aliphatic heterocycles. The number of rotatable bonds is 6. The van der Waals surface area contributed by atoms with Crippen molar-refractivity contribution in [1.29, 1.82) is 0 Å². The average Bonchev–Trinajstić information content (AvgIpc) is 3.23. The Morgan fingerprint density at radius 1 is 1.12 bits per heavy atom. The molecule has 0 fully saturated rings. The van der Waals surface area contributed by atoms with Gasteiger partial charge in [-0.15, -0.1) is 23.4 Å². The largest absolute Gasteiger partial charge is 0.573 e. The van der Waals surface area contributed by atoms with Crippen molar-refractivity contribution in [3.8, 4) is 28.5 Å². The van der Waals surface area contributed by atoms with Gasteiger partial charge in [0, 0.05) is 11.6 Å². The molecule has 0 saturated heterocycles. The van der Waals surface area contributed by atoms with E-state index in [-0.39, 0.29) is 28.8 Å². The summed E-state index contributed by atoms with van der Waals surface area (Å²) in [7, 11) is 1.34. The fourth-order valence-corrected chi connectivity index (χ4v) is 3.23. The summed E-state index contributed by atoms with van der Waals surface area (Å²) in [5, 5.41) is 21.2. The number of anilines is 1. The van der Waals surface area contributed by atoms with Crippen LogP contribution >= 0.6 is 0 Å². The van der Waals surface area contributed by atoms with E-state index in [1.165, 1.54) is 31.8 Å². The minimum Gasteiger partial charge on any atom is -0.508 e. The first kappa shape index (κ1) is 21.2. The van der Waals surface area contributed by atoms with Crippen molar-refractivity contribution < 1.29 is 27.8 Å². The van der Waals surface area contributed by atoms with E-state index in [9.17, 15) is 18.3 Å². The fourth-order valence-electron chi connectivity index (χ4n) is 3.23. The van der Waals surface area contributed by atoms with Crippen LogP contribution in [0.2, 0.25) is 0 Å². The molecule has 0 saturated carbocycles. The van der Waals surface area contributed by atoms with Crippen molar-refractivity contribution >= 4 is 11.5 Å². The first-order chi connectivity index (χ1) is 15.2. The van der Waals surface area contributed by atoms with Crippen molar-refractivity contribution in [1.82, 2.24) is 19.6 Å². The quantitative estimate of drug-likeness (QED) is 0.449. The Balaban J connectivity index is 1.75. The van der Waals surface area contributed by atoms with E-state index in [1.54, 1.807) is 22.6 Å². The summed E-state index contributed by atoms with van der Waals surface area (Å²) in [6.45, 7) is 1.87. The lowest BCUT2D eigenvalue weighted by Crippen LogP contribution is -2.18. The zero-order chi connectivity index (χ0) is 22.9. The van der Waals surface area contributed by atoms with Crippen LogP contribution in [-0.4, -0.2) is 38.2 Å². The van der Waals surface area contributed by atoms with E-state index in [0.717, 1.165) is 11.6 Å². The van der Waals surface area contributed by atoms with Crippen molar-refractivity contribution in [3.05, 3.63) is 60.6 Å². The number of ether oxygens (including phenoxy) is 2. The van der Waals surface area contributed by atoms with Gasteiger partial charge < -0.3 is 19.9 Å². The standard InChI is InChI=1S/C21H18F3N5O3/c1-12(13-4-3-5-14(30)8-13)26-20-28-27-19(17-10-25-11-29(17)20)16-7-6-15(31-2)9-18(16)32-21(22,23)24/h3-12,30H,1-2H3,(H,26,28)/t12-/m1/s1. The van der Waals surface area contributed by atoms with Gasteiger partial charge in [-0.3, -0.25) is 4.40 Å². The fraction of sp³-hybridized carbons (Fsp3) is 0.190. The highest BCUT2D eigenvalue weighted by Crippen LogP contribution is 2.37. The number of phenols is 1. The van der Waals surface area contributed by atoms with Gasteiger partial charge in [0.05, 0.1) is 24.9 Å². The number of phenolic OH excluding ortho intramolecular Hbond substituents is 1. The normalized spacial score (nSPS) is 12.5. The average molecular weight is 445 g/mol. The number of halogens is 3. The first-order valence-corrected chi connectivity index (χ1v) is 9.43. The molecule has 1 atom stereocenters. The van der Waals surface area contributed by atoms with Crippen LogP contribution in [0.1, 0.15) is 18.5 Å². The smallest absolute Gasteiger partial charge is 0.508 e. The number of nitrogens with zero attached hydrogens (tertiary/aromatic N) is 4. The third-order valence-electron chi connectivity index (χ3n) is 4.74. The Morgan fingerprint density at radius 2 is 1.94 bits per heavy atom. The third kappa shape index (κ3) is 4.36. The number of imidazole rings is 1. The molecule has 2 aromatic carbocycles. The van der Waals surface area contributed by atoms with Crippen LogP contribution < -0.4 is 14.8 Å². The third-order valence-corrected chi connectivity index (χ3v) is 4.74. The zero-order valence-electron chi connectivity index (χ0n) is 17.0. The summed E-state index contributed by atoms with van der Waals surface area (Å²) in [6, 6.07) is 10.5. The van der Waals surface area contributed by atoms with Gasteiger partial charge in [-0.05, 0) is 36.8 Å². The lowest BCUT2D eigenvalue weighted by molar-refractivity contribution is -0.274. The number of aromatic nitrogens is 4. The molecule has 0 radical (unpaired) electrons. The van der Waals surface area contributed by atoms with E-state index in [1.807, 2.05) is 13.0 Å². The first-order valence-electron chi connectivity index (χ1n) is 9.43. The zero-order valence-corrected chi connectivity index (χ0v) is 17.0. The van der Waals surface area contributed by atoms with Crippen molar-refractivity contribution in [2.75, 3.05) is 12.4 Å². The molecule has 0 amide bonds. The number of alkyl halides is 3. The van der Waals surface area contributed by atoms with Crippen LogP contribution in [0.15, 0.2) is 55.0 Å². The molecule has 0 aliphatic carbocycles. The second-order valence-corrected chi connectivity index (χ2v) is 6.89. The number of methoxy groups -OCH3 is 1. The summed E-state index contributed by atoms with van der Waals surface area (Å²) >= 11 is 0. The topological polar surface area (TPSA) is 93.8 Å². The summed E-state index contributed by atoms with van der Waals surface area (Å²) < 4.78 is 49.7. The molecule has 11 heteroatoms. The summed E-state index contributed by atoms with van der Waals surface area (Å²) in [5.74, 6) is 0.178. The minimum atomic E-state index is -4.90. The number of hydrogen-bond acceptors (Lipinski definition) is 7. The molecular formula is C21H18F3N5O3. The molecule has 0 bridgehead atoms. The summed E-state index contributed by atoms with van der Waals surface area (Å²) in [4.78, 5) is 4.10. The molecule has 4 rings (SSSR count). The second-order valence-electron chi connectivity index (χ2n) is 6.89. The van der Waals surface area contributed by atoms with Crippen LogP contribution in [0.5, 0.6) is 17.2 Å². The molecule has 32 heavy (non-hydrogen) atoms. The molecule has 0 aliphatic rings. The van der Waals surface area contributed by atoms with Gasteiger partial charge in [-0.25, -0.2) is 4.98 Å². The van der Waals surface area contributed by atoms with Crippen LogP contribution in [0.4, 0.5) is 19.1 Å². The van der Waals surface area contributed by atoms with Gasteiger partial charge in [0.2, 0.25) is 5.95 Å². The maximum atomic E-state index is 13.0. The van der Waals surface area contributed by atoms with E-state index in [2.05, 4.69) is 25.2 Å². The van der Waals surface area contributed by atoms with E-state index in [0.29, 0.717) is 11.5 Å². The maximum absolute atomic E-state index is 13.0. The van der Waals surface area contributed by atoms with Gasteiger partial charge >= 0.3 is 6.36 Å². The van der Waals surface area contributed by atoms with Gasteiger partial charge in [-0.1, -0.05) is 12.1 Å². The van der Waals surface area contributed by atoms with E-state index < -0.39 is 12.1 Å². The van der Waals surface area contributed by atoms with Gasteiger partial charge in [0.15, 0.2) is 0 Å². The van der Waals surface area contributed by atoms with E-state index >= 15 is 0 Å². The van der Waals surface area contributed by atoms with Crippen LogP contribution in [0.25, 0.3) is 16.8 Å². The SMILES string of the molecule is COc1ccc(-c2nnc(N[C@H](C)c3cccc(O)c3)n3cncc23)c(OC(F)(F)F)c1. The monoisotopic (exact) mass is 445 g/mol. The Kier molecular flexibility index (Phi) is 5.47. The Bertz CT molecular complexity index is 1260. The van der Waals surface area contributed by atoms with Gasteiger partial charge in [-0.2, -0.15) is 0 Å². The Hall–Kier alpha value is -4.02. The minimum absolute atomic E-state index is 0.0775. The number of benzene rings is 2. The summed E-state index contributed by atoms with van der Waals surface area (Å²) in [6.07, 6.45) is -1.96. The molecule has 2 N–H and O–H groups in total. The molecule has 4 aromatic rings. The lowest BCUT2D eigenvalue weighted by Gasteiger charge is -2.17. The van der Waals surface area contributed by atoms with E-state index in [4.69, 9.17) is 4.74 Å². The molecule has 0 unspecified atom stereocenters. The number of aromatic hydroxyl groups is 1. The highest BCUT2D eigenvalue weighted by Gasteiger charge is 2.33. The Morgan fingerprint density at radius 3 is 2.66 bits per heavy atom. The predicted octanol–water partition coefficient (Wildman–Crippen LogP) is 4.58. The maximum Gasteiger partial charge on any atom is 0.573 e. The van der Waals surface area contributed by atoms with Crippen LogP contribution in [0, 0.1) is 0 Å². The number of nitrogens with one attached hydrogen (secondary N) is 1. The number of fused-ring (bicyclic) bond motifs is 1. The van der Waals surface area contributed by atoms with Crippen molar-refractivity contribution in [2.24, 2.45) is 0 Å². The Labute approximate surface area is 180 Å². The predicted molar refractivity (Wildman–Crippen MR) is 110 cm³/mol. The molecule has 8 nitrogen and oxygen atoms in total. The van der Waals surface area contributed by atoms with Crippen LogP contribution in [0.3, 0.4) is 0 Å².